The van der Waals surface area contributed by atoms with E-state index in [-0.39, 0.29) is 57.8 Å². The van der Waals surface area contributed by atoms with Gasteiger partial charge in [-0.1, -0.05) is 0 Å². The fourth-order valence-electron chi connectivity index (χ4n) is 0.637. The molecule has 11 heavy (non-hydrogen) atoms. The number of rotatable bonds is 2. The van der Waals surface area contributed by atoms with Crippen LogP contribution in [-0.2, 0) is 11.2 Å². The number of aryl methyl sites for hydroxylation is 1. The van der Waals surface area contributed by atoms with Crippen molar-refractivity contribution in [1.82, 2.24) is 4.98 Å². The van der Waals surface area contributed by atoms with E-state index in [0.717, 1.165) is 5.01 Å². The van der Waals surface area contributed by atoms with Crippen molar-refractivity contribution in [2.45, 2.75) is 13.3 Å². The van der Waals surface area contributed by atoms with Gasteiger partial charge in [0.1, 0.15) is 0 Å². The van der Waals surface area contributed by atoms with Gasteiger partial charge in [-0.25, -0.2) is 4.98 Å². The topological polar surface area (TPSA) is 53.0 Å². The second-order valence-electron chi connectivity index (χ2n) is 1.91. The zero-order chi connectivity index (χ0) is 7.56. The van der Waals surface area contributed by atoms with Crippen molar-refractivity contribution >= 4 is 17.3 Å². The van der Waals surface area contributed by atoms with Gasteiger partial charge in [-0.05, 0) is 6.92 Å². The summed E-state index contributed by atoms with van der Waals surface area (Å²) in [5.41, 5.74) is 0.586. The molecule has 5 heteroatoms. The summed E-state index contributed by atoms with van der Waals surface area (Å²) < 4.78 is 0. The number of hydrogen-bond donors (Lipinski definition) is 0. The van der Waals surface area contributed by atoms with E-state index >= 15 is 0 Å². The average molecular weight is 195 g/mol. The van der Waals surface area contributed by atoms with Crippen LogP contribution in [0.1, 0.15) is 10.7 Å². The molecule has 1 aromatic rings. The van der Waals surface area contributed by atoms with E-state index in [2.05, 4.69) is 4.98 Å². The number of nitrogens with zero attached hydrogens (tertiary/aromatic N) is 1. The molecule has 0 aliphatic carbocycles. The van der Waals surface area contributed by atoms with Crippen molar-refractivity contribution in [3.63, 3.8) is 0 Å². The smallest absolute Gasteiger partial charge is 0.550 e. The second kappa shape index (κ2) is 5.39. The fraction of sp³-hybridized carbons (Fsp3) is 0.333. The average Bonchev–Trinajstić information content (AvgIpc) is 2.13. The third-order valence-corrected chi connectivity index (χ3v) is 1.81. The van der Waals surface area contributed by atoms with Crippen LogP contribution in [-0.4, -0.2) is 11.0 Å². The second-order valence-corrected chi connectivity index (χ2v) is 2.97. The molecule has 0 aliphatic heterocycles. The van der Waals surface area contributed by atoms with E-state index in [1.54, 1.807) is 5.38 Å². The van der Waals surface area contributed by atoms with Gasteiger partial charge < -0.3 is 9.90 Å². The van der Waals surface area contributed by atoms with Crippen molar-refractivity contribution in [3.8, 4) is 0 Å². The van der Waals surface area contributed by atoms with E-state index in [9.17, 15) is 9.90 Å². The molecule has 0 saturated carbocycles. The molecular formula is C6H6KNO2S. The minimum atomic E-state index is -1.08. The standard InChI is InChI=1S/C6H7NO2S.K/c1-4-7-5(3-10-4)2-6(8)9;/h3H,2H2,1H3,(H,8,9);/q;+1/p-1. The number of aromatic nitrogens is 1. The van der Waals surface area contributed by atoms with Crippen LogP contribution in [0.15, 0.2) is 5.38 Å². The van der Waals surface area contributed by atoms with Crippen LogP contribution in [0.25, 0.3) is 0 Å². The summed E-state index contributed by atoms with van der Waals surface area (Å²) in [5, 5.41) is 12.6. The van der Waals surface area contributed by atoms with Crippen molar-refractivity contribution in [3.05, 3.63) is 16.1 Å². The van der Waals surface area contributed by atoms with E-state index in [1.807, 2.05) is 6.92 Å². The Hall–Kier alpha value is 0.736. The van der Waals surface area contributed by atoms with E-state index < -0.39 is 5.97 Å². The summed E-state index contributed by atoms with van der Waals surface area (Å²) in [6.45, 7) is 1.84. The zero-order valence-corrected chi connectivity index (χ0v) is 10.4. The van der Waals surface area contributed by atoms with Gasteiger partial charge in [0, 0.05) is 17.8 Å². The summed E-state index contributed by atoms with van der Waals surface area (Å²) in [5.74, 6) is -1.08. The van der Waals surface area contributed by atoms with Gasteiger partial charge in [-0.2, -0.15) is 0 Å². The molecule has 0 radical (unpaired) electrons. The van der Waals surface area contributed by atoms with E-state index in [1.165, 1.54) is 11.3 Å². The Morgan fingerprint density at radius 1 is 1.82 bits per heavy atom. The monoisotopic (exact) mass is 195 g/mol. The molecule has 1 rings (SSSR count). The minimum Gasteiger partial charge on any atom is -0.550 e. The maximum Gasteiger partial charge on any atom is 1.00 e. The number of carboxylic acid groups (broad SMARTS) is 1. The van der Waals surface area contributed by atoms with Crippen LogP contribution < -0.4 is 56.5 Å². The molecule has 1 aromatic heterocycles. The molecule has 0 bridgehead atoms. The van der Waals surface area contributed by atoms with Crippen LogP contribution in [0.2, 0.25) is 0 Å². The molecule has 0 N–H and O–H groups in total. The third kappa shape index (κ3) is 4.34. The molecule has 0 amide bonds. The molecule has 0 unspecified atom stereocenters. The molecule has 1 heterocycles. The number of carbonyl (C=O) groups excluding carboxylic acids is 1. The maximum atomic E-state index is 10.0. The normalized spacial score (nSPS) is 8.82. The Morgan fingerprint density at radius 2 is 2.45 bits per heavy atom. The molecule has 3 nitrogen and oxygen atoms in total. The SMILES string of the molecule is Cc1nc(CC(=O)[O-])cs1.[K+]. The van der Waals surface area contributed by atoms with Crippen molar-refractivity contribution in [2.24, 2.45) is 0 Å². The largest absolute Gasteiger partial charge is 1.00 e. The summed E-state index contributed by atoms with van der Waals surface area (Å²) in [6, 6.07) is 0. The molecule has 0 spiro atoms. The number of aliphatic carboxylic acids is 1. The summed E-state index contributed by atoms with van der Waals surface area (Å²) in [6.07, 6.45) is -0.0790. The minimum absolute atomic E-state index is 0. The zero-order valence-electron chi connectivity index (χ0n) is 6.46. The predicted octanol–water partition coefficient (Wildman–Crippen LogP) is -3.25. The van der Waals surface area contributed by atoms with Gasteiger partial charge >= 0.3 is 51.4 Å². The van der Waals surface area contributed by atoms with Gasteiger partial charge in [0.25, 0.3) is 0 Å². The molecule has 0 atom stereocenters. The van der Waals surface area contributed by atoms with Crippen molar-refractivity contribution < 1.29 is 61.3 Å². The maximum absolute atomic E-state index is 10.0. The number of hydrogen-bond acceptors (Lipinski definition) is 4. The van der Waals surface area contributed by atoms with E-state index in [0.29, 0.717) is 5.69 Å². The third-order valence-electron chi connectivity index (χ3n) is 0.992. The first-order valence-corrected chi connectivity index (χ1v) is 3.67. The quantitative estimate of drug-likeness (QED) is 0.466. The molecular weight excluding hydrogens is 189 g/mol. The first kappa shape index (κ1) is 11.7. The van der Waals surface area contributed by atoms with Gasteiger partial charge in [0.15, 0.2) is 0 Å². The molecule has 0 aromatic carbocycles. The number of thiazole rings is 1. The Labute approximate surface area is 111 Å². The van der Waals surface area contributed by atoms with Crippen LogP contribution in [0, 0.1) is 6.92 Å². The summed E-state index contributed by atoms with van der Waals surface area (Å²) >= 11 is 1.44. The molecule has 0 saturated heterocycles. The van der Waals surface area contributed by atoms with Gasteiger partial charge in [0.05, 0.1) is 10.7 Å². The van der Waals surface area contributed by atoms with Crippen molar-refractivity contribution in [1.29, 1.82) is 0 Å². The first-order valence-electron chi connectivity index (χ1n) is 2.79. The first-order chi connectivity index (χ1) is 4.68. The van der Waals surface area contributed by atoms with Crippen LogP contribution >= 0.6 is 11.3 Å². The van der Waals surface area contributed by atoms with Gasteiger partial charge in [-0.3, -0.25) is 0 Å². The summed E-state index contributed by atoms with van der Waals surface area (Å²) in [4.78, 5) is 14.0. The Kier molecular flexibility index (Phi) is 5.76. The van der Waals surface area contributed by atoms with Crippen LogP contribution in [0.5, 0.6) is 0 Å². The Morgan fingerprint density at radius 3 is 2.82 bits per heavy atom. The Bertz CT molecular complexity index is 248. The molecule has 0 aliphatic rings. The molecule has 0 fully saturated rings. The van der Waals surface area contributed by atoms with Crippen LogP contribution in [0.3, 0.4) is 0 Å². The van der Waals surface area contributed by atoms with Crippen LogP contribution in [0.4, 0.5) is 0 Å². The fourth-order valence-corrected chi connectivity index (χ4v) is 1.25. The Balaban J connectivity index is 0.000001000. The molecule has 54 valence electrons. The summed E-state index contributed by atoms with van der Waals surface area (Å²) in [7, 11) is 0. The van der Waals surface area contributed by atoms with Gasteiger partial charge in [0.2, 0.25) is 0 Å². The van der Waals surface area contributed by atoms with Gasteiger partial charge in [-0.15, -0.1) is 11.3 Å². The van der Waals surface area contributed by atoms with E-state index in [4.69, 9.17) is 0 Å². The predicted molar refractivity (Wildman–Crippen MR) is 35.6 cm³/mol. The number of carbonyl (C=O) groups is 1. The number of carboxylic acids is 1. The van der Waals surface area contributed by atoms with Crippen molar-refractivity contribution in [2.75, 3.05) is 0 Å².